The molecule has 1 heterocycles. The summed E-state index contributed by atoms with van der Waals surface area (Å²) in [7, 11) is 1.53. The van der Waals surface area contributed by atoms with Crippen molar-refractivity contribution in [3.8, 4) is 11.9 Å². The average Bonchev–Trinajstić information content (AvgIpc) is 3.14. The second kappa shape index (κ2) is 10.4. The molecule has 0 saturated heterocycles. The van der Waals surface area contributed by atoms with E-state index in [0.717, 1.165) is 38.5 Å². The Balaban J connectivity index is 0.000000245. The summed E-state index contributed by atoms with van der Waals surface area (Å²) in [6, 6.07) is 3.63. The third-order valence-corrected chi connectivity index (χ3v) is 10.8. The van der Waals surface area contributed by atoms with Crippen LogP contribution in [-0.2, 0) is 9.59 Å². The molecule has 37 heavy (non-hydrogen) atoms. The molecule has 0 bridgehead atoms. The lowest BCUT2D eigenvalue weighted by molar-refractivity contribution is -0.180. The number of aromatic nitrogens is 1. The number of nitrogens with zero attached hydrogens (tertiary/aromatic N) is 2. The van der Waals surface area contributed by atoms with Crippen LogP contribution in [0.2, 0.25) is 0 Å². The maximum Gasteiger partial charge on any atom is 0.227 e. The number of hydrogen-bond donors (Lipinski definition) is 3. The van der Waals surface area contributed by atoms with Crippen molar-refractivity contribution in [1.82, 2.24) is 4.98 Å². The molecule has 4 fully saturated rings. The lowest BCUT2D eigenvalue weighted by atomic mass is 9.44. The Morgan fingerprint density at radius 2 is 2.00 bits per heavy atom. The molecule has 0 amide bonds. The van der Waals surface area contributed by atoms with Crippen LogP contribution in [0.1, 0.15) is 70.8 Å². The summed E-state index contributed by atoms with van der Waals surface area (Å²) in [6.07, 6.45) is 6.94. The quantitative estimate of drug-likeness (QED) is 0.495. The molecular weight excluding hydrogens is 540 g/mol. The third kappa shape index (κ3) is 4.54. The molecule has 9 heteroatoms. The summed E-state index contributed by atoms with van der Waals surface area (Å²) in [4.78, 5) is 29.6. The van der Waals surface area contributed by atoms with Crippen molar-refractivity contribution in [3.63, 3.8) is 0 Å². The lowest BCUT2D eigenvalue weighted by Crippen LogP contribution is -2.62. The van der Waals surface area contributed by atoms with Crippen molar-refractivity contribution >= 4 is 27.5 Å². The predicted octanol–water partition coefficient (Wildman–Crippen LogP) is 3.59. The van der Waals surface area contributed by atoms with E-state index < -0.39 is 23.4 Å². The molecule has 8 nitrogen and oxygen atoms in total. The van der Waals surface area contributed by atoms with Crippen LogP contribution < -0.4 is 4.74 Å². The highest BCUT2D eigenvalue weighted by Gasteiger charge is 2.68. The van der Waals surface area contributed by atoms with E-state index in [2.05, 4.69) is 27.8 Å². The minimum atomic E-state index is -1.58. The summed E-state index contributed by atoms with van der Waals surface area (Å²) in [6.45, 7) is 3.46. The van der Waals surface area contributed by atoms with E-state index in [1.165, 1.54) is 13.3 Å². The summed E-state index contributed by atoms with van der Waals surface area (Å²) in [5, 5.41) is 39.1. The molecule has 0 radical (unpaired) electrons. The minimum absolute atomic E-state index is 0.0154. The Morgan fingerprint density at radius 3 is 2.62 bits per heavy atom. The van der Waals surface area contributed by atoms with Gasteiger partial charge in [-0.15, -0.1) is 0 Å². The number of Topliss-reactive ketones (excluding diaryl/α,β-unsaturated/α-hetero) is 2. The maximum absolute atomic E-state index is 13.4. The number of hydrogen-bond acceptors (Lipinski definition) is 8. The molecule has 4 saturated carbocycles. The molecule has 202 valence electrons. The van der Waals surface area contributed by atoms with Crippen LogP contribution in [0.15, 0.2) is 16.7 Å². The Morgan fingerprint density at radius 1 is 1.27 bits per heavy atom. The fourth-order valence-corrected chi connectivity index (χ4v) is 8.79. The van der Waals surface area contributed by atoms with Crippen molar-refractivity contribution in [2.45, 2.75) is 76.9 Å². The van der Waals surface area contributed by atoms with Crippen molar-refractivity contribution in [3.05, 3.63) is 22.3 Å². The van der Waals surface area contributed by atoms with Gasteiger partial charge in [-0.05, 0) is 90.1 Å². The van der Waals surface area contributed by atoms with Crippen LogP contribution in [0.5, 0.6) is 5.88 Å². The van der Waals surface area contributed by atoms with E-state index in [4.69, 9.17) is 10.00 Å². The topological polar surface area (TPSA) is 141 Å². The fourth-order valence-electron chi connectivity index (χ4n) is 8.28. The van der Waals surface area contributed by atoms with Crippen molar-refractivity contribution in [2.75, 3.05) is 13.7 Å². The highest BCUT2D eigenvalue weighted by Crippen LogP contribution is 2.67. The second-order valence-electron chi connectivity index (χ2n) is 11.8. The minimum Gasteiger partial charge on any atom is -0.480 e. The number of aliphatic hydroxyl groups excluding tert-OH is 2. The first-order valence-electron chi connectivity index (χ1n) is 13.1. The first-order valence-corrected chi connectivity index (χ1v) is 13.9. The maximum atomic E-state index is 13.4. The zero-order valence-corrected chi connectivity index (χ0v) is 23.3. The van der Waals surface area contributed by atoms with Crippen LogP contribution in [-0.4, -0.2) is 57.3 Å². The average molecular weight is 578 g/mol. The third-order valence-electron chi connectivity index (χ3n) is 10.2. The molecule has 1 aromatic rings. The number of rotatable bonds is 3. The smallest absolute Gasteiger partial charge is 0.227 e. The Bertz CT molecular complexity index is 1110. The number of fused-ring (bicyclic) bond motifs is 5. The number of carbonyl (C=O) groups excluding carboxylic acids is 2. The van der Waals surface area contributed by atoms with Crippen LogP contribution in [0.25, 0.3) is 0 Å². The Labute approximate surface area is 226 Å². The van der Waals surface area contributed by atoms with Gasteiger partial charge >= 0.3 is 0 Å². The molecule has 8 atom stereocenters. The summed E-state index contributed by atoms with van der Waals surface area (Å²) in [5.41, 5.74) is -1.89. The Hall–Kier alpha value is -1.86. The number of carbonyl (C=O) groups is 2. The lowest BCUT2D eigenvalue weighted by Gasteiger charge is -2.60. The first-order chi connectivity index (χ1) is 17.4. The molecule has 4 aliphatic rings. The van der Waals surface area contributed by atoms with Gasteiger partial charge in [0.25, 0.3) is 0 Å². The number of ketones is 2. The molecule has 5 rings (SSSR count). The zero-order chi connectivity index (χ0) is 27.2. The van der Waals surface area contributed by atoms with Crippen LogP contribution in [0, 0.1) is 45.8 Å². The first kappa shape index (κ1) is 28.2. The van der Waals surface area contributed by atoms with E-state index in [1.54, 1.807) is 6.07 Å². The predicted molar refractivity (Wildman–Crippen MR) is 138 cm³/mol. The highest BCUT2D eigenvalue weighted by molar-refractivity contribution is 9.10. The molecule has 0 spiro atoms. The second-order valence-corrected chi connectivity index (χ2v) is 12.7. The van der Waals surface area contributed by atoms with Gasteiger partial charge in [0.2, 0.25) is 5.88 Å². The van der Waals surface area contributed by atoms with Gasteiger partial charge in [-0.25, -0.2) is 4.98 Å². The summed E-state index contributed by atoms with van der Waals surface area (Å²) < 4.78 is 5.57. The van der Waals surface area contributed by atoms with E-state index in [9.17, 15) is 24.9 Å². The van der Waals surface area contributed by atoms with E-state index >= 15 is 0 Å². The van der Waals surface area contributed by atoms with Gasteiger partial charge in [-0.2, -0.15) is 5.26 Å². The van der Waals surface area contributed by atoms with Crippen LogP contribution in [0.4, 0.5) is 0 Å². The fraction of sp³-hybridized carbons (Fsp3) is 0.714. The number of nitriles is 1. The van der Waals surface area contributed by atoms with E-state index in [1.807, 2.05) is 13.0 Å². The largest absolute Gasteiger partial charge is 0.480 e. The number of ether oxygens (including phenoxy) is 1. The summed E-state index contributed by atoms with van der Waals surface area (Å²) in [5.74, 6) is 0.869. The van der Waals surface area contributed by atoms with Crippen LogP contribution in [0.3, 0.4) is 0 Å². The van der Waals surface area contributed by atoms with Crippen molar-refractivity contribution in [2.24, 2.45) is 34.5 Å². The highest BCUT2D eigenvalue weighted by atomic mass is 79.9. The normalized spacial score (nSPS) is 40.3. The van der Waals surface area contributed by atoms with Gasteiger partial charge in [0.15, 0.2) is 5.78 Å². The molecule has 0 aliphatic heterocycles. The van der Waals surface area contributed by atoms with Gasteiger partial charge < -0.3 is 20.1 Å². The summed E-state index contributed by atoms with van der Waals surface area (Å²) >= 11 is 3.21. The molecule has 4 aliphatic carbocycles. The van der Waals surface area contributed by atoms with Gasteiger partial charge in [-0.3, -0.25) is 9.59 Å². The molecule has 1 aromatic heterocycles. The van der Waals surface area contributed by atoms with E-state index in [0.29, 0.717) is 28.3 Å². The van der Waals surface area contributed by atoms with Gasteiger partial charge in [-0.1, -0.05) is 13.8 Å². The van der Waals surface area contributed by atoms with E-state index in [-0.39, 0.29) is 41.5 Å². The molecule has 0 aromatic carbocycles. The number of halogens is 1. The molecule has 0 unspecified atom stereocenters. The number of methoxy groups -OCH3 is 1. The molecule has 3 N–H and O–H groups in total. The molecular formula is C28H37BrN2O6. The van der Waals surface area contributed by atoms with Crippen LogP contribution >= 0.6 is 15.9 Å². The van der Waals surface area contributed by atoms with Gasteiger partial charge in [0.05, 0.1) is 23.2 Å². The number of pyridine rings is 1. The monoisotopic (exact) mass is 576 g/mol. The van der Waals surface area contributed by atoms with Gasteiger partial charge in [0.1, 0.15) is 24.1 Å². The van der Waals surface area contributed by atoms with Crippen molar-refractivity contribution < 1.29 is 29.6 Å². The SMILES string of the molecule is COc1ncc(C#N)cc1Br.C[C@]12CC[C@@H](O)C[C@H]1CC[C@@H]1[C@@H]2C(=O)C[C@@]2(C)[C@H]1CC[C@]2(O)C(=O)CO. The van der Waals surface area contributed by atoms with Crippen molar-refractivity contribution in [1.29, 1.82) is 5.26 Å². The standard InChI is InChI=1S/C21H32O5.C7H5BrN2O/c1-19-7-5-13(23)9-12(19)3-4-14-15-6-8-21(26,17(25)11-22)20(15,2)10-16(24)18(14)19;1-11-7-6(8)2-5(3-9)4-10-7/h12-15,18,22-23,26H,3-11H2,1-2H3;2,4H,1H3/t12-,13-,14+,15+,18-,19+,20+,21+;/m1./s1. The Kier molecular flexibility index (Phi) is 7.89. The number of aliphatic hydroxyl groups is 3. The van der Waals surface area contributed by atoms with Gasteiger partial charge in [0, 0.05) is 24.0 Å². The zero-order valence-electron chi connectivity index (χ0n) is 21.7.